The van der Waals surface area contributed by atoms with Gasteiger partial charge in [-0.2, -0.15) is 13.1 Å². The van der Waals surface area contributed by atoms with Crippen molar-refractivity contribution in [3.05, 3.63) is 35.7 Å². The standard InChI is InChI=1S/C13H16BClN4O2S/c1-2-7-18-22(20,21)19-13-11(12(15)16-8-17-13)9-3-5-10(14)6-4-9/h3-6,8,18H,2,7,14H2,1H3,(H,16,17,19). The van der Waals surface area contributed by atoms with E-state index in [1.807, 2.05) is 39.0 Å². The van der Waals surface area contributed by atoms with Gasteiger partial charge in [-0.25, -0.2) is 9.97 Å². The fourth-order valence-electron chi connectivity index (χ4n) is 1.82. The molecule has 9 heteroatoms. The van der Waals surface area contributed by atoms with Crippen LogP contribution in [0, 0.1) is 0 Å². The summed E-state index contributed by atoms with van der Waals surface area (Å²) in [6.07, 6.45) is 1.91. The SMILES string of the molecule is Bc1ccc(-c2c(Cl)ncnc2NS(=O)(=O)NCCC)cc1. The molecule has 0 aliphatic rings. The number of hydrogen-bond donors (Lipinski definition) is 2. The third-order valence-corrected chi connectivity index (χ3v) is 4.25. The highest BCUT2D eigenvalue weighted by molar-refractivity contribution is 7.90. The first-order chi connectivity index (χ1) is 10.4. The van der Waals surface area contributed by atoms with E-state index in [4.69, 9.17) is 11.6 Å². The molecule has 1 heterocycles. The molecule has 2 N–H and O–H groups in total. The number of halogens is 1. The topological polar surface area (TPSA) is 84.0 Å². The molecule has 0 saturated carbocycles. The monoisotopic (exact) mass is 338 g/mol. The van der Waals surface area contributed by atoms with Gasteiger partial charge >= 0.3 is 0 Å². The highest BCUT2D eigenvalue weighted by Gasteiger charge is 2.17. The second-order valence-electron chi connectivity index (χ2n) is 4.75. The van der Waals surface area contributed by atoms with Crippen molar-refractivity contribution < 1.29 is 8.42 Å². The molecule has 22 heavy (non-hydrogen) atoms. The summed E-state index contributed by atoms with van der Waals surface area (Å²) in [5.74, 6) is 0.146. The van der Waals surface area contributed by atoms with Gasteiger partial charge in [0.25, 0.3) is 10.2 Å². The van der Waals surface area contributed by atoms with Crippen molar-refractivity contribution in [3.8, 4) is 11.1 Å². The quantitative estimate of drug-likeness (QED) is 0.600. The summed E-state index contributed by atoms with van der Waals surface area (Å²) in [5.41, 5.74) is 2.28. The number of nitrogens with one attached hydrogen (secondary N) is 2. The molecule has 1 aromatic carbocycles. The highest BCUT2D eigenvalue weighted by atomic mass is 35.5. The molecule has 0 aliphatic heterocycles. The molecule has 0 atom stereocenters. The molecule has 0 fully saturated rings. The van der Waals surface area contributed by atoms with Crippen molar-refractivity contribution in [1.82, 2.24) is 14.7 Å². The zero-order chi connectivity index (χ0) is 16.2. The molecule has 1 aromatic heterocycles. The molecule has 0 amide bonds. The van der Waals surface area contributed by atoms with E-state index in [0.717, 1.165) is 11.0 Å². The molecule has 2 rings (SSSR count). The van der Waals surface area contributed by atoms with Gasteiger partial charge in [-0.1, -0.05) is 48.3 Å². The van der Waals surface area contributed by atoms with E-state index in [9.17, 15) is 8.42 Å². The molecular weight excluding hydrogens is 323 g/mol. The molecule has 0 saturated heterocycles. The molecule has 0 spiro atoms. The molecule has 116 valence electrons. The van der Waals surface area contributed by atoms with Gasteiger partial charge < -0.3 is 0 Å². The van der Waals surface area contributed by atoms with Crippen molar-refractivity contribution in [2.45, 2.75) is 13.3 Å². The number of rotatable bonds is 6. The van der Waals surface area contributed by atoms with Gasteiger partial charge in [0.1, 0.15) is 19.3 Å². The summed E-state index contributed by atoms with van der Waals surface area (Å²) < 4.78 is 28.8. The summed E-state index contributed by atoms with van der Waals surface area (Å²) in [4.78, 5) is 7.94. The molecule has 0 radical (unpaired) electrons. The Kier molecular flexibility index (Phi) is 5.39. The fraction of sp³-hybridized carbons (Fsp3) is 0.231. The molecular formula is C13H16BClN4O2S. The second-order valence-corrected chi connectivity index (χ2v) is 6.61. The maximum atomic E-state index is 12.0. The van der Waals surface area contributed by atoms with Crippen LogP contribution in [0.15, 0.2) is 30.6 Å². The number of aromatic nitrogens is 2. The lowest BCUT2D eigenvalue weighted by Crippen LogP contribution is -2.31. The summed E-state index contributed by atoms with van der Waals surface area (Å²) >= 11 is 6.13. The molecule has 0 bridgehead atoms. The average molecular weight is 339 g/mol. The summed E-state index contributed by atoms with van der Waals surface area (Å²) in [5, 5.41) is 0.187. The third kappa shape index (κ3) is 4.19. The zero-order valence-electron chi connectivity index (χ0n) is 12.3. The van der Waals surface area contributed by atoms with Crippen LogP contribution < -0.4 is 14.9 Å². The number of benzene rings is 1. The van der Waals surface area contributed by atoms with E-state index in [2.05, 4.69) is 19.4 Å². The zero-order valence-corrected chi connectivity index (χ0v) is 13.9. The minimum absolute atomic E-state index is 0.146. The van der Waals surface area contributed by atoms with Crippen LogP contribution >= 0.6 is 11.6 Å². The van der Waals surface area contributed by atoms with Crippen molar-refractivity contribution in [2.24, 2.45) is 0 Å². The predicted octanol–water partition coefficient (Wildman–Crippen LogP) is 0.712. The number of nitrogens with zero attached hydrogens (tertiary/aromatic N) is 2. The Morgan fingerprint density at radius 3 is 2.55 bits per heavy atom. The van der Waals surface area contributed by atoms with Crippen LogP contribution in [0.3, 0.4) is 0 Å². The normalized spacial score (nSPS) is 11.4. The number of anilines is 1. The smallest absolute Gasteiger partial charge is 0.254 e. The van der Waals surface area contributed by atoms with Crippen LogP contribution in [0.1, 0.15) is 13.3 Å². The Labute approximate surface area is 135 Å². The van der Waals surface area contributed by atoms with Crippen LogP contribution in [-0.2, 0) is 10.2 Å². The Balaban J connectivity index is 2.41. The van der Waals surface area contributed by atoms with E-state index in [0.29, 0.717) is 18.5 Å². The molecule has 2 aromatic rings. The van der Waals surface area contributed by atoms with Gasteiger partial charge in [-0.15, -0.1) is 0 Å². The van der Waals surface area contributed by atoms with Crippen molar-refractivity contribution in [1.29, 1.82) is 0 Å². The summed E-state index contributed by atoms with van der Waals surface area (Å²) in [6, 6.07) is 7.51. The van der Waals surface area contributed by atoms with Crippen molar-refractivity contribution in [2.75, 3.05) is 11.3 Å². The molecule has 0 unspecified atom stereocenters. The molecule has 6 nitrogen and oxygen atoms in total. The van der Waals surface area contributed by atoms with Crippen LogP contribution in [0.25, 0.3) is 11.1 Å². The maximum Gasteiger partial charge on any atom is 0.300 e. The second kappa shape index (κ2) is 7.08. The average Bonchev–Trinajstić information content (AvgIpc) is 2.46. The van der Waals surface area contributed by atoms with Crippen molar-refractivity contribution in [3.63, 3.8) is 0 Å². The number of hydrogen-bond acceptors (Lipinski definition) is 4. The maximum absolute atomic E-state index is 12.0. The Bertz CT molecular complexity index is 753. The first kappa shape index (κ1) is 16.7. The summed E-state index contributed by atoms with van der Waals surface area (Å²) in [7, 11) is -1.74. The third-order valence-electron chi connectivity index (χ3n) is 2.91. The minimum atomic E-state index is -3.70. The van der Waals surface area contributed by atoms with E-state index in [-0.39, 0.29) is 11.0 Å². The lowest BCUT2D eigenvalue weighted by molar-refractivity contribution is 0.586. The Morgan fingerprint density at radius 1 is 1.23 bits per heavy atom. The van der Waals surface area contributed by atoms with Gasteiger partial charge in [0.2, 0.25) is 0 Å². The van der Waals surface area contributed by atoms with Gasteiger partial charge in [-0.05, 0) is 12.0 Å². The first-order valence-electron chi connectivity index (χ1n) is 6.78. The minimum Gasteiger partial charge on any atom is -0.254 e. The molecule has 0 aliphatic carbocycles. The van der Waals surface area contributed by atoms with Gasteiger partial charge in [-0.3, -0.25) is 4.72 Å². The van der Waals surface area contributed by atoms with Crippen molar-refractivity contribution >= 4 is 40.9 Å². The first-order valence-corrected chi connectivity index (χ1v) is 8.64. The fourth-order valence-corrected chi connectivity index (χ4v) is 3.01. The summed E-state index contributed by atoms with van der Waals surface area (Å²) in [6.45, 7) is 2.22. The van der Waals surface area contributed by atoms with Crippen LogP contribution in [0.4, 0.5) is 5.82 Å². The Hall–Kier alpha value is -1.64. The van der Waals surface area contributed by atoms with Gasteiger partial charge in [0, 0.05) is 6.54 Å². The van der Waals surface area contributed by atoms with Crippen LogP contribution in [0.5, 0.6) is 0 Å². The van der Waals surface area contributed by atoms with E-state index >= 15 is 0 Å². The largest absolute Gasteiger partial charge is 0.300 e. The highest BCUT2D eigenvalue weighted by Crippen LogP contribution is 2.31. The van der Waals surface area contributed by atoms with Gasteiger partial charge in [0.05, 0.1) is 5.56 Å². The van der Waals surface area contributed by atoms with E-state index in [1.54, 1.807) is 0 Å². The van der Waals surface area contributed by atoms with E-state index < -0.39 is 10.2 Å². The Morgan fingerprint density at radius 2 is 1.91 bits per heavy atom. The van der Waals surface area contributed by atoms with Crippen LogP contribution in [0.2, 0.25) is 5.15 Å². The van der Waals surface area contributed by atoms with Gasteiger partial charge in [0.15, 0.2) is 5.82 Å². The van der Waals surface area contributed by atoms with E-state index in [1.165, 1.54) is 6.33 Å². The van der Waals surface area contributed by atoms with Crippen LogP contribution in [-0.4, -0.2) is 32.8 Å². The lowest BCUT2D eigenvalue weighted by Gasteiger charge is -2.13. The lowest BCUT2D eigenvalue weighted by atomic mass is 9.94. The predicted molar refractivity (Wildman–Crippen MR) is 91.5 cm³/mol.